The van der Waals surface area contributed by atoms with Crippen molar-refractivity contribution in [2.24, 2.45) is 5.73 Å². The van der Waals surface area contributed by atoms with Gasteiger partial charge in [0.05, 0.1) is 31.1 Å². The lowest BCUT2D eigenvalue weighted by Crippen LogP contribution is -2.52. The molecule has 0 unspecified atom stereocenters. The van der Waals surface area contributed by atoms with E-state index >= 15 is 0 Å². The van der Waals surface area contributed by atoms with Gasteiger partial charge in [-0.15, -0.1) is 0 Å². The van der Waals surface area contributed by atoms with E-state index in [0.717, 1.165) is 12.1 Å². The molecule has 0 saturated carbocycles. The summed E-state index contributed by atoms with van der Waals surface area (Å²) in [5, 5.41) is 3.95. The molecule has 1 saturated heterocycles. The van der Waals surface area contributed by atoms with Gasteiger partial charge in [0.1, 0.15) is 12.2 Å². The highest BCUT2D eigenvalue weighted by Gasteiger charge is 2.46. The van der Waals surface area contributed by atoms with Crippen molar-refractivity contribution in [1.82, 2.24) is 15.0 Å². The van der Waals surface area contributed by atoms with Crippen LogP contribution in [0.2, 0.25) is 0 Å². The van der Waals surface area contributed by atoms with Gasteiger partial charge < -0.3 is 24.8 Å². The molecule has 1 atom stereocenters. The molecule has 0 aliphatic carbocycles. The number of halogens is 1. The molecule has 10 heteroatoms. The minimum atomic E-state index is -0.559. The number of ether oxygens (including phenoxy) is 1. The van der Waals surface area contributed by atoms with Crippen molar-refractivity contribution >= 4 is 17.5 Å². The number of methoxy groups -OCH3 is 1. The fourth-order valence-electron chi connectivity index (χ4n) is 3.81. The Bertz CT molecular complexity index is 974. The maximum absolute atomic E-state index is 14.3. The highest BCUT2D eigenvalue weighted by molar-refractivity contribution is 6.05. The molecule has 1 amide bonds. The number of carbonyl (C=O) groups excluding carboxylic acids is 1. The van der Waals surface area contributed by atoms with Crippen molar-refractivity contribution in [3.05, 3.63) is 41.3 Å². The number of fused-ring (bicyclic) bond motifs is 5. The van der Waals surface area contributed by atoms with Crippen LogP contribution in [0.4, 0.5) is 16.0 Å². The van der Waals surface area contributed by atoms with E-state index in [1.807, 2.05) is 16.0 Å². The van der Waals surface area contributed by atoms with Crippen LogP contribution in [0.1, 0.15) is 22.7 Å². The minimum absolute atomic E-state index is 0.0344. The smallest absolute Gasteiger partial charge is 0.271 e. The van der Waals surface area contributed by atoms with Crippen LogP contribution >= 0.6 is 0 Å². The number of hydrogen-bond acceptors (Lipinski definition) is 8. The number of nitrogens with two attached hydrogens (primary N) is 1. The third-order valence-corrected chi connectivity index (χ3v) is 5.20. The average molecular weight is 372 g/mol. The minimum Gasteiger partial charge on any atom is -0.493 e. The first-order chi connectivity index (χ1) is 13.1. The molecule has 0 radical (unpaired) electrons. The zero-order valence-corrected chi connectivity index (χ0v) is 14.6. The molecule has 27 heavy (non-hydrogen) atoms. The first kappa shape index (κ1) is 16.1. The highest BCUT2D eigenvalue weighted by Crippen LogP contribution is 2.44. The average Bonchev–Trinajstić information content (AvgIpc) is 3.26. The van der Waals surface area contributed by atoms with Crippen molar-refractivity contribution < 1.29 is 18.4 Å². The third kappa shape index (κ3) is 2.16. The zero-order valence-electron chi connectivity index (χ0n) is 14.6. The SMILES string of the molecule is COc1c(F)ccc2c1C(=O)N1CC[C@H]1C1=CN(c3noc(CN)n3)CN12. The van der Waals surface area contributed by atoms with Crippen LogP contribution in [0, 0.1) is 5.82 Å². The molecular formula is C17H17FN6O3. The lowest BCUT2D eigenvalue weighted by Gasteiger charge is -2.41. The third-order valence-electron chi connectivity index (χ3n) is 5.20. The number of amides is 1. The van der Waals surface area contributed by atoms with Gasteiger partial charge in [-0.1, -0.05) is 0 Å². The van der Waals surface area contributed by atoms with Gasteiger partial charge in [-0.2, -0.15) is 4.98 Å². The molecule has 1 fully saturated rings. The summed E-state index contributed by atoms with van der Waals surface area (Å²) in [5.74, 6) is -0.0768. The van der Waals surface area contributed by atoms with Gasteiger partial charge in [0.25, 0.3) is 11.9 Å². The molecule has 3 aliphatic heterocycles. The van der Waals surface area contributed by atoms with Gasteiger partial charge in [-0.3, -0.25) is 9.69 Å². The molecule has 9 nitrogen and oxygen atoms in total. The standard InChI is InChI=1S/C17H17FN6O3/c1-26-15-9(18)2-3-11-14(15)16(25)23-5-4-10(23)12-7-22(8-24(11)12)17-20-13(6-19)27-21-17/h2-3,7,10H,4-6,8,19H2,1H3/t10-/m0/s1. The summed E-state index contributed by atoms with van der Waals surface area (Å²) in [5.41, 5.74) is 7.31. The molecule has 1 aromatic carbocycles. The normalized spacial score (nSPS) is 20.6. The second kappa shape index (κ2) is 5.68. The quantitative estimate of drug-likeness (QED) is 0.853. The first-order valence-electron chi connectivity index (χ1n) is 8.58. The summed E-state index contributed by atoms with van der Waals surface area (Å²) in [6, 6.07) is 2.84. The van der Waals surface area contributed by atoms with Gasteiger partial charge in [-0.25, -0.2) is 4.39 Å². The molecule has 1 aromatic heterocycles. The van der Waals surface area contributed by atoms with Gasteiger partial charge in [0.15, 0.2) is 11.6 Å². The molecule has 140 valence electrons. The Kier molecular flexibility index (Phi) is 3.38. The maximum Gasteiger partial charge on any atom is 0.271 e. The largest absolute Gasteiger partial charge is 0.493 e. The Hall–Kier alpha value is -3.14. The van der Waals surface area contributed by atoms with E-state index in [-0.39, 0.29) is 29.8 Å². The van der Waals surface area contributed by atoms with Crippen molar-refractivity contribution in [2.75, 3.05) is 30.1 Å². The van der Waals surface area contributed by atoms with E-state index in [1.54, 1.807) is 11.0 Å². The van der Waals surface area contributed by atoms with E-state index in [1.165, 1.54) is 13.2 Å². The van der Waals surface area contributed by atoms with E-state index < -0.39 is 5.82 Å². The van der Waals surface area contributed by atoms with Gasteiger partial charge in [0, 0.05) is 12.7 Å². The Morgan fingerprint density at radius 1 is 1.44 bits per heavy atom. The molecule has 2 aromatic rings. The number of benzene rings is 1. The Balaban J connectivity index is 1.63. The first-order valence-corrected chi connectivity index (χ1v) is 8.58. The summed E-state index contributed by atoms with van der Waals surface area (Å²) in [6.45, 7) is 1.15. The lowest BCUT2D eigenvalue weighted by atomic mass is 9.99. The van der Waals surface area contributed by atoms with Gasteiger partial charge >= 0.3 is 0 Å². The Labute approximate surface area is 153 Å². The fraction of sp³-hybridized carbons (Fsp3) is 0.353. The molecule has 0 bridgehead atoms. The number of aromatic nitrogens is 2. The summed E-state index contributed by atoms with van der Waals surface area (Å²) >= 11 is 0. The maximum atomic E-state index is 14.3. The lowest BCUT2D eigenvalue weighted by molar-refractivity contribution is 0.0536. The number of hydrogen-bond donors (Lipinski definition) is 1. The van der Waals surface area contributed by atoms with E-state index in [4.69, 9.17) is 15.0 Å². The summed E-state index contributed by atoms with van der Waals surface area (Å²) < 4.78 is 24.6. The van der Waals surface area contributed by atoms with Gasteiger partial charge in [0.2, 0.25) is 5.89 Å². The van der Waals surface area contributed by atoms with Crippen LogP contribution in [-0.2, 0) is 6.54 Å². The molecule has 4 heterocycles. The second-order valence-electron chi connectivity index (χ2n) is 6.56. The number of anilines is 2. The second-order valence-corrected chi connectivity index (χ2v) is 6.56. The molecule has 2 N–H and O–H groups in total. The zero-order chi connectivity index (χ0) is 18.7. The number of rotatable bonds is 3. The number of nitrogens with zero attached hydrogens (tertiary/aromatic N) is 5. The van der Waals surface area contributed by atoms with Crippen LogP contribution in [0.15, 0.2) is 28.6 Å². The highest BCUT2D eigenvalue weighted by atomic mass is 19.1. The van der Waals surface area contributed by atoms with E-state index in [2.05, 4.69) is 10.1 Å². The van der Waals surface area contributed by atoms with Crippen LogP contribution in [0.25, 0.3) is 0 Å². The van der Waals surface area contributed by atoms with E-state index in [9.17, 15) is 9.18 Å². The van der Waals surface area contributed by atoms with Crippen molar-refractivity contribution in [2.45, 2.75) is 19.0 Å². The molecule has 3 aliphatic rings. The van der Waals surface area contributed by atoms with Crippen molar-refractivity contribution in [1.29, 1.82) is 0 Å². The number of carbonyl (C=O) groups is 1. The van der Waals surface area contributed by atoms with E-state index in [0.29, 0.717) is 30.7 Å². The Morgan fingerprint density at radius 2 is 2.30 bits per heavy atom. The van der Waals surface area contributed by atoms with Gasteiger partial charge in [-0.05, 0) is 23.7 Å². The predicted octanol–water partition coefficient (Wildman–Crippen LogP) is 1.03. The van der Waals surface area contributed by atoms with Crippen LogP contribution in [-0.4, -0.2) is 47.3 Å². The molecular weight excluding hydrogens is 355 g/mol. The van der Waals surface area contributed by atoms with Crippen LogP contribution in [0.3, 0.4) is 0 Å². The summed E-state index contributed by atoms with van der Waals surface area (Å²) in [6.07, 6.45) is 2.74. The van der Waals surface area contributed by atoms with Crippen molar-refractivity contribution in [3.8, 4) is 5.75 Å². The van der Waals surface area contributed by atoms with Crippen LogP contribution < -0.4 is 20.3 Å². The van der Waals surface area contributed by atoms with Crippen LogP contribution in [0.5, 0.6) is 5.75 Å². The topological polar surface area (TPSA) is 101 Å². The summed E-state index contributed by atoms with van der Waals surface area (Å²) in [7, 11) is 1.37. The molecule has 5 rings (SSSR count). The predicted molar refractivity (Wildman–Crippen MR) is 92.5 cm³/mol. The fourth-order valence-corrected chi connectivity index (χ4v) is 3.81. The van der Waals surface area contributed by atoms with Crippen molar-refractivity contribution in [3.63, 3.8) is 0 Å². The Morgan fingerprint density at radius 3 is 2.96 bits per heavy atom. The monoisotopic (exact) mass is 372 g/mol. The summed E-state index contributed by atoms with van der Waals surface area (Å²) in [4.78, 5) is 22.8. The molecule has 0 spiro atoms.